The summed E-state index contributed by atoms with van der Waals surface area (Å²) in [5, 5.41) is 10.6. The van der Waals surface area contributed by atoms with Gasteiger partial charge in [0.25, 0.3) is 0 Å². The molecule has 5 atom stereocenters. The second-order valence-corrected chi connectivity index (χ2v) is 28.1. The van der Waals surface area contributed by atoms with E-state index in [0.717, 1.165) is 180 Å². The van der Waals surface area contributed by atoms with Crippen LogP contribution in [0.15, 0.2) is 109 Å². The van der Waals surface area contributed by atoms with E-state index in [1.165, 1.54) is 51.4 Å². The van der Waals surface area contributed by atoms with Crippen molar-refractivity contribution < 1.29 is 80.2 Å². The first kappa shape index (κ1) is 93.7. The molecule has 98 heavy (non-hydrogen) atoms. The number of hydrogen-bond donors (Lipinski definition) is 3. The summed E-state index contributed by atoms with van der Waals surface area (Å²) in [4.78, 5) is 72.8. The van der Waals surface area contributed by atoms with Gasteiger partial charge in [-0.2, -0.15) is 0 Å². The number of phosphoric acid groups is 2. The fourth-order valence-corrected chi connectivity index (χ4v) is 11.4. The normalized spacial score (nSPS) is 14.6. The molecule has 0 spiro atoms. The number of phosphoric ester groups is 2. The molecule has 0 saturated heterocycles. The van der Waals surface area contributed by atoms with E-state index < -0.39 is 97.5 Å². The third kappa shape index (κ3) is 70.2. The van der Waals surface area contributed by atoms with Crippen LogP contribution in [0.2, 0.25) is 0 Å². The lowest BCUT2D eigenvalue weighted by molar-refractivity contribution is -0.161. The Morgan fingerprint density at radius 3 is 0.878 bits per heavy atom. The lowest BCUT2D eigenvalue weighted by atomic mass is 10.1. The summed E-state index contributed by atoms with van der Waals surface area (Å²) < 4.78 is 68.4. The molecule has 564 valence electrons. The molecule has 19 heteroatoms. The van der Waals surface area contributed by atoms with Crippen LogP contribution in [-0.4, -0.2) is 96.7 Å². The van der Waals surface area contributed by atoms with Crippen molar-refractivity contribution in [3.8, 4) is 0 Å². The number of unbranched alkanes of at least 4 members (excludes halogenated alkanes) is 27. The minimum atomic E-state index is -4.99. The lowest BCUT2D eigenvalue weighted by Gasteiger charge is -2.21. The Morgan fingerprint density at radius 1 is 0.296 bits per heavy atom. The third-order valence-electron chi connectivity index (χ3n) is 15.7. The monoisotopic (exact) mass is 1420 g/mol. The zero-order valence-electron chi connectivity index (χ0n) is 61.4. The maximum Gasteiger partial charge on any atom is 0.472 e. The second-order valence-electron chi connectivity index (χ2n) is 25.2. The highest BCUT2D eigenvalue weighted by atomic mass is 31.2. The van der Waals surface area contributed by atoms with E-state index in [9.17, 15) is 43.2 Å². The first-order chi connectivity index (χ1) is 47.7. The van der Waals surface area contributed by atoms with Crippen LogP contribution in [0.1, 0.15) is 310 Å². The summed E-state index contributed by atoms with van der Waals surface area (Å²) in [7, 11) is -9.96. The van der Waals surface area contributed by atoms with E-state index >= 15 is 0 Å². The Morgan fingerprint density at radius 2 is 0.551 bits per heavy atom. The molecular formula is C79H136O17P2. The van der Waals surface area contributed by atoms with Crippen molar-refractivity contribution in [2.45, 2.75) is 329 Å². The first-order valence-electron chi connectivity index (χ1n) is 38.1. The molecule has 17 nitrogen and oxygen atoms in total. The summed E-state index contributed by atoms with van der Waals surface area (Å²) in [6.07, 6.45) is 75.1. The van der Waals surface area contributed by atoms with Gasteiger partial charge in [0.1, 0.15) is 19.3 Å². The van der Waals surface area contributed by atoms with E-state index in [2.05, 4.69) is 137 Å². The molecule has 5 unspecified atom stereocenters. The molecule has 0 aliphatic rings. The average Bonchev–Trinajstić information content (AvgIpc) is 0.966. The molecule has 0 aliphatic heterocycles. The smallest absolute Gasteiger partial charge is 0.462 e. The van der Waals surface area contributed by atoms with Gasteiger partial charge in [0.2, 0.25) is 0 Å². The minimum Gasteiger partial charge on any atom is -0.462 e. The zero-order chi connectivity index (χ0) is 71.8. The molecule has 0 saturated carbocycles. The SMILES string of the molecule is CC/C=C\C/C=C\C/C=C\C/C=C\C/C=C\CCCCCC(=O)OCC(COP(=O)(O)OCC(O)COP(=O)(O)OCC(COC(=O)CCCCCCC/C=C\CCCCCC)OC(=O)CCCCCCC/C=C\CCCCCC)OC(=O)CCCCCCC/C=C\C/C=C\CCC. The molecule has 0 aromatic heterocycles. The number of carbonyl (C=O) groups excluding carboxylic acids is 4. The van der Waals surface area contributed by atoms with Crippen molar-refractivity contribution in [3.63, 3.8) is 0 Å². The molecule has 0 aromatic carbocycles. The first-order valence-corrected chi connectivity index (χ1v) is 41.1. The van der Waals surface area contributed by atoms with E-state index in [1.807, 2.05) is 0 Å². The highest BCUT2D eigenvalue weighted by Crippen LogP contribution is 2.45. The van der Waals surface area contributed by atoms with E-state index in [-0.39, 0.29) is 25.7 Å². The Bertz CT molecular complexity index is 2290. The maximum atomic E-state index is 13.1. The summed E-state index contributed by atoms with van der Waals surface area (Å²) in [6, 6.07) is 0. The predicted molar refractivity (Wildman–Crippen MR) is 399 cm³/mol. The molecule has 0 aromatic rings. The Kier molecular flexibility index (Phi) is 68.0. The lowest BCUT2D eigenvalue weighted by Crippen LogP contribution is -2.30. The molecule has 3 N–H and O–H groups in total. The van der Waals surface area contributed by atoms with Crippen LogP contribution >= 0.6 is 15.6 Å². The number of ether oxygens (including phenoxy) is 4. The van der Waals surface area contributed by atoms with Crippen LogP contribution in [0.5, 0.6) is 0 Å². The Labute approximate surface area is 594 Å². The minimum absolute atomic E-state index is 0.0693. The molecular weight excluding hydrogens is 1280 g/mol. The second kappa shape index (κ2) is 71.1. The van der Waals surface area contributed by atoms with E-state index in [1.54, 1.807) is 0 Å². The van der Waals surface area contributed by atoms with Gasteiger partial charge < -0.3 is 33.8 Å². The predicted octanol–water partition coefficient (Wildman–Crippen LogP) is 21.8. The van der Waals surface area contributed by atoms with Gasteiger partial charge in [0.05, 0.1) is 26.4 Å². The van der Waals surface area contributed by atoms with Crippen LogP contribution in [-0.2, 0) is 65.4 Å². The van der Waals surface area contributed by atoms with Crippen LogP contribution in [0.4, 0.5) is 0 Å². The van der Waals surface area contributed by atoms with Crippen molar-refractivity contribution in [1.29, 1.82) is 0 Å². The van der Waals surface area contributed by atoms with Crippen LogP contribution < -0.4 is 0 Å². The quantitative estimate of drug-likeness (QED) is 0.0169. The number of allylic oxidation sites excluding steroid dienone is 18. The topological polar surface area (TPSA) is 237 Å². The molecule has 0 aliphatic carbocycles. The zero-order valence-corrected chi connectivity index (χ0v) is 63.2. The number of hydrogen-bond acceptors (Lipinski definition) is 15. The number of aliphatic hydroxyl groups is 1. The van der Waals surface area contributed by atoms with Gasteiger partial charge in [-0.25, -0.2) is 9.13 Å². The van der Waals surface area contributed by atoms with E-state index in [4.69, 9.17) is 37.0 Å². The summed E-state index contributed by atoms with van der Waals surface area (Å²) in [5.41, 5.74) is 0. The van der Waals surface area contributed by atoms with Crippen LogP contribution in [0, 0.1) is 0 Å². The van der Waals surface area contributed by atoms with Gasteiger partial charge in [0, 0.05) is 25.7 Å². The average molecular weight is 1420 g/mol. The molecule has 0 heterocycles. The van der Waals surface area contributed by atoms with Gasteiger partial charge in [0.15, 0.2) is 12.2 Å². The summed E-state index contributed by atoms with van der Waals surface area (Å²) in [5.74, 6) is -2.24. The standard InChI is InChI=1S/C79H136O17P2/c1-5-9-13-17-21-25-29-33-34-35-36-37-38-42-44-48-52-56-60-64-77(82)90-70-75(96-79(84)66-62-58-54-50-46-41-32-28-24-20-16-12-8-4)72-94-98(87,88)92-68-73(80)67-91-97(85,86)93-71-74(95-78(83)65-61-57-53-49-45-40-31-27-23-19-15-11-7-3)69-89-76(81)63-59-55-51-47-43-39-30-26-22-18-14-10-6-2/h9,13,16,20-21,25-28,30-34,36-37,42,44,73-75,80H,5-8,10-12,14-15,17-19,22-24,29,35,38-41,43,45-72H2,1-4H3,(H,85,86)(H,87,88)/b13-9-,20-16-,25-21-,30-26-,31-27-,32-28-,34-33-,37-36-,44-42-. The van der Waals surface area contributed by atoms with Crippen molar-refractivity contribution in [2.24, 2.45) is 0 Å². The Balaban J connectivity index is 5.37. The third-order valence-corrected chi connectivity index (χ3v) is 17.6. The largest absolute Gasteiger partial charge is 0.472 e. The highest BCUT2D eigenvalue weighted by molar-refractivity contribution is 7.47. The summed E-state index contributed by atoms with van der Waals surface area (Å²) >= 11 is 0. The molecule has 0 fully saturated rings. The molecule has 0 rings (SSSR count). The Hall–Kier alpha value is -4.28. The fourth-order valence-electron chi connectivity index (χ4n) is 9.86. The molecule has 0 amide bonds. The van der Waals surface area contributed by atoms with Crippen molar-refractivity contribution >= 4 is 39.5 Å². The summed E-state index contributed by atoms with van der Waals surface area (Å²) in [6.45, 7) is 4.60. The van der Waals surface area contributed by atoms with E-state index in [0.29, 0.717) is 25.7 Å². The van der Waals surface area contributed by atoms with Crippen molar-refractivity contribution in [3.05, 3.63) is 109 Å². The van der Waals surface area contributed by atoms with Crippen molar-refractivity contribution in [2.75, 3.05) is 39.6 Å². The van der Waals surface area contributed by atoms with Gasteiger partial charge in [-0.15, -0.1) is 0 Å². The van der Waals surface area contributed by atoms with Gasteiger partial charge in [-0.05, 0) is 148 Å². The maximum absolute atomic E-state index is 13.1. The molecule has 0 bridgehead atoms. The number of aliphatic hydroxyl groups excluding tert-OH is 1. The highest BCUT2D eigenvalue weighted by Gasteiger charge is 2.30. The number of rotatable bonds is 71. The number of carbonyl (C=O) groups is 4. The van der Waals surface area contributed by atoms with Gasteiger partial charge in [-0.3, -0.25) is 37.3 Å². The van der Waals surface area contributed by atoms with Gasteiger partial charge in [-0.1, -0.05) is 246 Å². The van der Waals surface area contributed by atoms with Gasteiger partial charge >= 0.3 is 39.5 Å². The van der Waals surface area contributed by atoms with Crippen molar-refractivity contribution in [1.82, 2.24) is 0 Å². The van der Waals surface area contributed by atoms with Crippen LogP contribution in [0.25, 0.3) is 0 Å². The van der Waals surface area contributed by atoms with Crippen LogP contribution in [0.3, 0.4) is 0 Å². The number of esters is 4. The molecule has 0 radical (unpaired) electrons. The fraction of sp³-hybridized carbons (Fsp3) is 0.722.